The van der Waals surface area contributed by atoms with E-state index in [1.807, 2.05) is 26.8 Å². The lowest BCUT2D eigenvalue weighted by Crippen LogP contribution is -2.13. The first-order valence-corrected chi connectivity index (χ1v) is 9.10. The van der Waals surface area contributed by atoms with Crippen molar-refractivity contribution in [2.45, 2.75) is 47.0 Å². The van der Waals surface area contributed by atoms with Crippen molar-refractivity contribution < 1.29 is 23.9 Å². The molecule has 0 heterocycles. The molecule has 1 aromatic rings. The van der Waals surface area contributed by atoms with Crippen molar-refractivity contribution in [2.75, 3.05) is 12.4 Å². The Morgan fingerprint density at radius 2 is 1.71 bits per heavy atom. The van der Waals surface area contributed by atoms with Crippen LogP contribution < -0.4 is 5.32 Å². The number of anilines is 1. The Morgan fingerprint density at radius 1 is 1.04 bits per heavy atom. The first kappa shape index (κ1) is 23.0. The van der Waals surface area contributed by atoms with E-state index in [2.05, 4.69) is 10.1 Å². The molecule has 0 saturated carbocycles. The summed E-state index contributed by atoms with van der Waals surface area (Å²) in [4.78, 5) is 46.5. The van der Waals surface area contributed by atoms with Gasteiger partial charge in [0.2, 0.25) is 5.91 Å². The molecule has 1 aromatic carbocycles. The van der Waals surface area contributed by atoms with Crippen LogP contribution in [0.15, 0.2) is 30.4 Å². The van der Waals surface area contributed by atoms with E-state index in [9.17, 15) is 19.2 Å². The maximum Gasteiger partial charge on any atom is 0.330 e. The van der Waals surface area contributed by atoms with Crippen LogP contribution in [0, 0.1) is 13.8 Å². The van der Waals surface area contributed by atoms with Gasteiger partial charge in [-0.15, -0.1) is 0 Å². The lowest BCUT2D eigenvalue weighted by atomic mass is 9.89. The highest BCUT2D eigenvalue weighted by Crippen LogP contribution is 2.28. The third-order valence-corrected chi connectivity index (χ3v) is 4.24. The lowest BCUT2D eigenvalue weighted by Gasteiger charge is -2.19. The molecule has 1 amide bonds. The van der Waals surface area contributed by atoms with Gasteiger partial charge < -0.3 is 10.1 Å². The minimum atomic E-state index is -0.577. The van der Waals surface area contributed by atoms with E-state index in [-0.39, 0.29) is 23.9 Å². The van der Waals surface area contributed by atoms with E-state index in [1.54, 1.807) is 0 Å². The van der Waals surface area contributed by atoms with Crippen LogP contribution in [0.25, 0.3) is 0 Å². The molecule has 6 nitrogen and oxygen atoms in total. The van der Waals surface area contributed by atoms with Gasteiger partial charge in [0, 0.05) is 24.3 Å². The van der Waals surface area contributed by atoms with Gasteiger partial charge in [-0.1, -0.05) is 13.3 Å². The zero-order chi connectivity index (χ0) is 21.3. The number of hydrogen-bond acceptors (Lipinski definition) is 5. The number of carbonyl (C=O) groups is 4. The molecule has 0 radical (unpaired) electrons. The number of methoxy groups -OCH3 is 1. The van der Waals surface area contributed by atoms with Gasteiger partial charge in [-0.3, -0.25) is 14.4 Å². The zero-order valence-electron chi connectivity index (χ0n) is 17.0. The Hall–Kier alpha value is -3.02. The maximum atomic E-state index is 12.3. The van der Waals surface area contributed by atoms with Crippen LogP contribution in [0.5, 0.6) is 0 Å². The summed E-state index contributed by atoms with van der Waals surface area (Å²) >= 11 is 0. The number of amides is 1. The fourth-order valence-electron chi connectivity index (χ4n) is 2.83. The number of esters is 1. The fraction of sp³-hybridized carbons (Fsp3) is 0.364. The normalized spacial score (nSPS) is 11.0. The molecule has 0 unspecified atom stereocenters. The van der Waals surface area contributed by atoms with Crippen molar-refractivity contribution in [2.24, 2.45) is 0 Å². The highest BCUT2D eigenvalue weighted by molar-refractivity contribution is 6.04. The number of nitrogens with one attached hydrogen (secondary N) is 1. The molecule has 0 atom stereocenters. The van der Waals surface area contributed by atoms with Gasteiger partial charge in [-0.2, -0.15) is 0 Å². The van der Waals surface area contributed by atoms with Crippen molar-refractivity contribution in [3.8, 4) is 0 Å². The number of aryl methyl sites for hydroxylation is 1. The van der Waals surface area contributed by atoms with Gasteiger partial charge in [0.1, 0.15) is 0 Å². The number of allylic oxidation sites excluding steroid dienone is 2. The molecular formula is C22H27NO5. The minimum absolute atomic E-state index is 0.161. The largest absolute Gasteiger partial charge is 0.466 e. The predicted molar refractivity (Wildman–Crippen MR) is 108 cm³/mol. The molecule has 1 rings (SSSR count). The Balaban J connectivity index is 3.19. The summed E-state index contributed by atoms with van der Waals surface area (Å²) in [6, 6.07) is 1.82. The average molecular weight is 385 g/mol. The van der Waals surface area contributed by atoms with Crippen LogP contribution in [-0.2, 0) is 36.8 Å². The molecule has 1 N–H and O–H groups in total. The van der Waals surface area contributed by atoms with E-state index in [4.69, 9.17) is 0 Å². The van der Waals surface area contributed by atoms with Crippen LogP contribution in [-0.4, -0.2) is 30.6 Å². The summed E-state index contributed by atoms with van der Waals surface area (Å²) in [5.41, 5.74) is 4.32. The van der Waals surface area contributed by atoms with Crippen LogP contribution in [0.2, 0.25) is 0 Å². The highest BCUT2D eigenvalue weighted by Gasteiger charge is 2.16. The second-order valence-corrected chi connectivity index (χ2v) is 6.51. The van der Waals surface area contributed by atoms with Crippen molar-refractivity contribution in [1.82, 2.24) is 0 Å². The highest BCUT2D eigenvalue weighted by atomic mass is 16.5. The van der Waals surface area contributed by atoms with Crippen molar-refractivity contribution in [3.05, 3.63) is 52.6 Å². The molecule has 0 saturated heterocycles. The summed E-state index contributed by atoms with van der Waals surface area (Å²) in [5.74, 6) is -1.37. The second-order valence-electron chi connectivity index (χ2n) is 6.51. The smallest absolute Gasteiger partial charge is 0.330 e. The summed E-state index contributed by atoms with van der Waals surface area (Å²) in [6.07, 6.45) is 6.54. The molecule has 0 aliphatic heterocycles. The van der Waals surface area contributed by atoms with Crippen LogP contribution in [0.4, 0.5) is 5.69 Å². The Kier molecular flexibility index (Phi) is 9.02. The summed E-state index contributed by atoms with van der Waals surface area (Å²) in [7, 11) is 1.25. The summed E-state index contributed by atoms with van der Waals surface area (Å²) in [6.45, 7) is 7.19. The standard InChI is InChI=1S/C22H27NO5/c1-6-7-18-16(4)20(23-21(26)10-8-15(3)24)12-14(2)19(18)13-17(25)9-11-22(27)28-5/h8-12H,6-7,13H2,1-5H3,(H,23,26)/b10-8-,11-9-. The number of ether oxygens (including phenoxy) is 1. The zero-order valence-corrected chi connectivity index (χ0v) is 17.0. The molecule has 0 aliphatic rings. The number of benzene rings is 1. The maximum absolute atomic E-state index is 12.3. The van der Waals surface area contributed by atoms with Gasteiger partial charge >= 0.3 is 5.97 Å². The van der Waals surface area contributed by atoms with Crippen molar-refractivity contribution in [3.63, 3.8) is 0 Å². The van der Waals surface area contributed by atoms with Gasteiger partial charge in [0.25, 0.3) is 0 Å². The third kappa shape index (κ3) is 6.95. The van der Waals surface area contributed by atoms with Crippen molar-refractivity contribution in [1.29, 1.82) is 0 Å². The molecule has 0 aromatic heterocycles. The van der Waals surface area contributed by atoms with Gasteiger partial charge in [-0.25, -0.2) is 4.79 Å². The quantitative estimate of drug-likeness (QED) is 0.521. The molecule has 28 heavy (non-hydrogen) atoms. The topological polar surface area (TPSA) is 89.5 Å². The molecular weight excluding hydrogens is 358 g/mol. The van der Waals surface area contributed by atoms with Gasteiger partial charge in [0.05, 0.1) is 7.11 Å². The predicted octanol–water partition coefficient (Wildman–Crippen LogP) is 3.18. The molecule has 0 bridgehead atoms. The first-order chi connectivity index (χ1) is 13.2. The second kappa shape index (κ2) is 11.0. The molecule has 0 fully saturated rings. The Labute approximate surface area is 165 Å². The lowest BCUT2D eigenvalue weighted by molar-refractivity contribution is -0.135. The minimum Gasteiger partial charge on any atom is -0.466 e. The average Bonchev–Trinajstić information content (AvgIpc) is 2.64. The number of hydrogen-bond donors (Lipinski definition) is 1. The fourth-order valence-corrected chi connectivity index (χ4v) is 2.83. The van der Waals surface area contributed by atoms with Crippen molar-refractivity contribution >= 4 is 29.1 Å². The monoisotopic (exact) mass is 385 g/mol. The van der Waals surface area contributed by atoms with E-state index >= 15 is 0 Å². The van der Waals surface area contributed by atoms with E-state index < -0.39 is 5.97 Å². The molecule has 150 valence electrons. The first-order valence-electron chi connectivity index (χ1n) is 9.10. The summed E-state index contributed by atoms with van der Waals surface area (Å²) < 4.78 is 4.50. The Bertz CT molecular complexity index is 834. The number of carbonyl (C=O) groups excluding carboxylic acids is 4. The molecule has 0 spiro atoms. The van der Waals surface area contributed by atoms with Crippen LogP contribution in [0.3, 0.4) is 0 Å². The van der Waals surface area contributed by atoms with E-state index in [0.29, 0.717) is 5.69 Å². The van der Waals surface area contributed by atoms with E-state index in [0.717, 1.165) is 41.2 Å². The number of ketones is 2. The number of rotatable bonds is 9. The van der Waals surface area contributed by atoms with Gasteiger partial charge in [0.15, 0.2) is 11.6 Å². The van der Waals surface area contributed by atoms with Crippen LogP contribution >= 0.6 is 0 Å². The third-order valence-electron chi connectivity index (χ3n) is 4.24. The van der Waals surface area contributed by atoms with Gasteiger partial charge in [-0.05, 0) is 67.7 Å². The Morgan fingerprint density at radius 3 is 2.29 bits per heavy atom. The SMILES string of the molecule is CCCc1c(C)c(NC(=O)/C=C\C(C)=O)cc(C)c1CC(=O)/C=C\C(=O)OC. The summed E-state index contributed by atoms with van der Waals surface area (Å²) in [5, 5.41) is 2.80. The van der Waals surface area contributed by atoms with Crippen LogP contribution in [0.1, 0.15) is 42.5 Å². The molecule has 6 heteroatoms. The van der Waals surface area contributed by atoms with E-state index in [1.165, 1.54) is 32.3 Å². The molecule has 0 aliphatic carbocycles.